The maximum atomic E-state index is 13.9. The fraction of sp³-hybridized carbons (Fsp3) is 0.273. The van der Waals surface area contributed by atoms with Gasteiger partial charge in [-0.05, 0) is 19.1 Å². The number of nitrogens with two attached hydrogens (primary N) is 1. The van der Waals surface area contributed by atoms with Crippen molar-refractivity contribution in [1.82, 2.24) is 5.32 Å². The number of benzene rings is 1. The molecule has 7 heteroatoms. The number of carbonyl (C=O) groups is 1. The zero-order valence-electron chi connectivity index (χ0n) is 9.46. The Kier molecular flexibility index (Phi) is 3.41. The summed E-state index contributed by atoms with van der Waals surface area (Å²) in [6.45, 7) is 1.63. The molecule has 0 bridgehead atoms. The average molecular weight is 288 g/mol. The lowest BCUT2D eigenvalue weighted by molar-refractivity contribution is -0.121. The van der Waals surface area contributed by atoms with Crippen LogP contribution in [0.3, 0.4) is 0 Å². The lowest BCUT2D eigenvalue weighted by atomic mass is 10.0. The van der Waals surface area contributed by atoms with Crippen molar-refractivity contribution in [2.24, 2.45) is 11.7 Å². The second kappa shape index (κ2) is 4.70. The van der Waals surface area contributed by atoms with E-state index in [0.717, 1.165) is 0 Å². The number of halogens is 2. The van der Waals surface area contributed by atoms with Crippen LogP contribution in [0.15, 0.2) is 12.1 Å². The van der Waals surface area contributed by atoms with Crippen LogP contribution in [-0.4, -0.2) is 17.1 Å². The Bertz CT molecular complexity index is 537. The Morgan fingerprint density at radius 1 is 1.56 bits per heavy atom. The lowest BCUT2D eigenvalue weighted by Gasteiger charge is -2.32. The number of anilines is 1. The Labute approximate surface area is 114 Å². The fourth-order valence-corrected chi connectivity index (χ4v) is 2.16. The van der Waals surface area contributed by atoms with Gasteiger partial charge < -0.3 is 16.4 Å². The van der Waals surface area contributed by atoms with E-state index in [1.807, 2.05) is 0 Å². The molecular formula is C11H11ClFN3OS. The predicted octanol–water partition coefficient (Wildman–Crippen LogP) is 1.62. The SMILES string of the molecule is CC(C(N)=O)C1NC(=S)c2ccc(Cl)c(F)c2N1. The number of amides is 1. The van der Waals surface area contributed by atoms with Crippen LogP contribution in [0.1, 0.15) is 12.5 Å². The van der Waals surface area contributed by atoms with Crippen LogP contribution >= 0.6 is 23.8 Å². The molecule has 1 aromatic carbocycles. The van der Waals surface area contributed by atoms with Crippen LogP contribution in [0.2, 0.25) is 5.02 Å². The molecule has 1 aliphatic heterocycles. The number of hydrogen-bond acceptors (Lipinski definition) is 3. The molecule has 1 heterocycles. The largest absolute Gasteiger partial charge is 0.369 e. The summed E-state index contributed by atoms with van der Waals surface area (Å²) in [6.07, 6.45) is -0.546. The number of nitrogens with one attached hydrogen (secondary N) is 2. The van der Waals surface area contributed by atoms with Gasteiger partial charge in [-0.25, -0.2) is 4.39 Å². The predicted molar refractivity (Wildman–Crippen MR) is 72.0 cm³/mol. The van der Waals surface area contributed by atoms with Crippen molar-refractivity contribution < 1.29 is 9.18 Å². The van der Waals surface area contributed by atoms with Crippen molar-refractivity contribution in [1.29, 1.82) is 0 Å². The smallest absolute Gasteiger partial charge is 0.224 e. The zero-order valence-corrected chi connectivity index (χ0v) is 11.0. The summed E-state index contributed by atoms with van der Waals surface area (Å²) in [5.74, 6) is -1.64. The minimum absolute atomic E-state index is 0.00331. The van der Waals surface area contributed by atoms with Gasteiger partial charge in [-0.15, -0.1) is 0 Å². The first-order valence-corrected chi connectivity index (χ1v) is 6.05. The van der Waals surface area contributed by atoms with E-state index < -0.39 is 23.8 Å². The third-order valence-electron chi connectivity index (χ3n) is 2.87. The van der Waals surface area contributed by atoms with Crippen molar-refractivity contribution in [2.75, 3.05) is 5.32 Å². The van der Waals surface area contributed by atoms with Gasteiger partial charge in [-0.3, -0.25) is 4.79 Å². The van der Waals surface area contributed by atoms with E-state index in [0.29, 0.717) is 10.6 Å². The number of carbonyl (C=O) groups excluding carboxylic acids is 1. The highest BCUT2D eigenvalue weighted by Crippen LogP contribution is 2.30. The summed E-state index contributed by atoms with van der Waals surface area (Å²) < 4.78 is 13.9. The van der Waals surface area contributed by atoms with Gasteiger partial charge in [0.2, 0.25) is 5.91 Å². The van der Waals surface area contributed by atoms with E-state index in [1.54, 1.807) is 13.0 Å². The van der Waals surface area contributed by atoms with Crippen LogP contribution < -0.4 is 16.4 Å². The van der Waals surface area contributed by atoms with Crippen molar-refractivity contribution in [3.63, 3.8) is 0 Å². The van der Waals surface area contributed by atoms with E-state index >= 15 is 0 Å². The van der Waals surface area contributed by atoms with E-state index in [-0.39, 0.29) is 10.7 Å². The highest BCUT2D eigenvalue weighted by Gasteiger charge is 2.30. The molecule has 4 N–H and O–H groups in total. The molecule has 4 nitrogen and oxygen atoms in total. The van der Waals surface area contributed by atoms with E-state index in [4.69, 9.17) is 29.6 Å². The van der Waals surface area contributed by atoms with Gasteiger partial charge in [0, 0.05) is 5.56 Å². The molecule has 1 aliphatic rings. The number of thiocarbonyl (C=S) groups is 1. The van der Waals surface area contributed by atoms with E-state index in [2.05, 4.69) is 10.6 Å². The summed E-state index contributed by atoms with van der Waals surface area (Å²) in [7, 11) is 0. The maximum Gasteiger partial charge on any atom is 0.224 e. The summed E-state index contributed by atoms with van der Waals surface area (Å²) in [4.78, 5) is 11.5. The molecule has 1 aromatic rings. The molecule has 0 aliphatic carbocycles. The molecule has 2 atom stereocenters. The second-order valence-corrected chi connectivity index (χ2v) is 4.89. The fourth-order valence-electron chi connectivity index (χ4n) is 1.71. The molecule has 18 heavy (non-hydrogen) atoms. The Hall–Kier alpha value is -1.40. The minimum Gasteiger partial charge on any atom is -0.369 e. The summed E-state index contributed by atoms with van der Waals surface area (Å²) in [5.41, 5.74) is 5.93. The van der Waals surface area contributed by atoms with Crippen molar-refractivity contribution >= 4 is 40.4 Å². The topological polar surface area (TPSA) is 67.2 Å². The van der Waals surface area contributed by atoms with Crippen LogP contribution in [0, 0.1) is 11.7 Å². The molecule has 1 amide bonds. The Morgan fingerprint density at radius 2 is 2.22 bits per heavy atom. The van der Waals surface area contributed by atoms with Crippen molar-refractivity contribution in [2.45, 2.75) is 13.1 Å². The van der Waals surface area contributed by atoms with Gasteiger partial charge in [0.25, 0.3) is 0 Å². The van der Waals surface area contributed by atoms with Gasteiger partial charge in [-0.2, -0.15) is 0 Å². The first-order chi connectivity index (χ1) is 8.41. The molecular weight excluding hydrogens is 277 g/mol. The summed E-state index contributed by atoms with van der Waals surface area (Å²) >= 11 is 10.8. The molecule has 0 fully saturated rings. The highest BCUT2D eigenvalue weighted by atomic mass is 35.5. The second-order valence-electron chi connectivity index (χ2n) is 4.07. The first-order valence-electron chi connectivity index (χ1n) is 5.26. The van der Waals surface area contributed by atoms with E-state index in [1.165, 1.54) is 6.07 Å². The normalized spacial score (nSPS) is 19.5. The van der Waals surface area contributed by atoms with Crippen molar-refractivity contribution in [3.05, 3.63) is 28.5 Å². The van der Waals surface area contributed by atoms with Gasteiger partial charge in [-0.1, -0.05) is 23.8 Å². The van der Waals surface area contributed by atoms with Gasteiger partial charge in [0.05, 0.1) is 16.6 Å². The average Bonchev–Trinajstić information content (AvgIpc) is 2.33. The molecule has 0 aromatic heterocycles. The molecule has 0 radical (unpaired) electrons. The van der Waals surface area contributed by atoms with Crippen LogP contribution in [-0.2, 0) is 4.79 Å². The third-order valence-corrected chi connectivity index (χ3v) is 3.50. The number of rotatable bonds is 2. The highest BCUT2D eigenvalue weighted by molar-refractivity contribution is 7.80. The monoisotopic (exact) mass is 287 g/mol. The molecule has 2 rings (SSSR count). The zero-order chi connectivity index (χ0) is 13.4. The van der Waals surface area contributed by atoms with Crippen LogP contribution in [0.4, 0.5) is 10.1 Å². The molecule has 0 spiro atoms. The first kappa shape index (κ1) is 13.0. The number of hydrogen-bond donors (Lipinski definition) is 3. The lowest BCUT2D eigenvalue weighted by Crippen LogP contribution is -2.51. The third kappa shape index (κ3) is 2.13. The minimum atomic E-state index is -0.584. The van der Waals surface area contributed by atoms with Crippen LogP contribution in [0.25, 0.3) is 0 Å². The van der Waals surface area contributed by atoms with Gasteiger partial charge in [0.1, 0.15) is 11.2 Å². The van der Waals surface area contributed by atoms with Gasteiger partial charge in [0.15, 0.2) is 5.82 Å². The number of primary amides is 1. The van der Waals surface area contributed by atoms with Crippen LogP contribution in [0.5, 0.6) is 0 Å². The molecule has 2 unspecified atom stereocenters. The quantitative estimate of drug-likeness (QED) is 0.723. The molecule has 0 saturated carbocycles. The summed E-state index contributed by atoms with van der Waals surface area (Å²) in [6, 6.07) is 3.05. The Morgan fingerprint density at radius 3 is 2.83 bits per heavy atom. The number of fused-ring (bicyclic) bond motifs is 1. The van der Waals surface area contributed by atoms with Gasteiger partial charge >= 0.3 is 0 Å². The Balaban J connectivity index is 2.41. The maximum absolute atomic E-state index is 13.9. The van der Waals surface area contributed by atoms with E-state index in [9.17, 15) is 9.18 Å². The van der Waals surface area contributed by atoms with Crippen molar-refractivity contribution in [3.8, 4) is 0 Å². The summed E-state index contributed by atoms with van der Waals surface area (Å²) in [5, 5.41) is 5.77. The molecule has 96 valence electrons. The molecule has 0 saturated heterocycles. The standard InChI is InChI=1S/C11H11ClFN3OS/c1-4(9(14)17)10-15-8-5(11(18)16-10)2-3-6(12)7(8)13/h2-4,10,15H,1H3,(H2,14,17)(H,16,18).